The molecule has 2 aromatic carbocycles. The van der Waals surface area contributed by atoms with Gasteiger partial charge in [-0.2, -0.15) is 0 Å². The normalized spacial score (nSPS) is 15.8. The van der Waals surface area contributed by atoms with Gasteiger partial charge in [-0.15, -0.1) is 0 Å². The zero-order chi connectivity index (χ0) is 14.7. The molecule has 0 amide bonds. The lowest BCUT2D eigenvalue weighted by molar-refractivity contribution is 0.370. The van der Waals surface area contributed by atoms with Crippen molar-refractivity contribution in [1.29, 1.82) is 0 Å². The van der Waals surface area contributed by atoms with Crippen LogP contribution in [-0.4, -0.2) is 25.0 Å². The van der Waals surface area contributed by atoms with E-state index < -0.39 is 0 Å². The van der Waals surface area contributed by atoms with Crippen LogP contribution >= 0.6 is 0 Å². The highest BCUT2D eigenvalue weighted by Gasteiger charge is 2.12. The van der Waals surface area contributed by atoms with Gasteiger partial charge in [0.2, 0.25) is 0 Å². The van der Waals surface area contributed by atoms with E-state index in [-0.39, 0.29) is 5.82 Å². The Kier molecular flexibility index (Phi) is 4.16. The maximum atomic E-state index is 13.0. The van der Waals surface area contributed by atoms with E-state index in [0.717, 1.165) is 31.5 Å². The molecule has 1 nitrogen and oxygen atoms in total. The second-order valence-electron chi connectivity index (χ2n) is 5.70. The van der Waals surface area contributed by atoms with Crippen molar-refractivity contribution in [2.45, 2.75) is 12.8 Å². The quantitative estimate of drug-likeness (QED) is 0.817. The van der Waals surface area contributed by atoms with Gasteiger partial charge in [-0.3, -0.25) is 0 Å². The lowest BCUT2D eigenvalue weighted by Crippen LogP contribution is -2.23. The summed E-state index contributed by atoms with van der Waals surface area (Å²) in [6, 6.07) is 15.4. The van der Waals surface area contributed by atoms with Gasteiger partial charge in [0.05, 0.1) is 0 Å². The van der Waals surface area contributed by atoms with Crippen LogP contribution in [-0.2, 0) is 6.42 Å². The monoisotopic (exact) mass is 281 g/mol. The maximum Gasteiger partial charge on any atom is 0.123 e. The Morgan fingerprint density at radius 1 is 1.05 bits per heavy atom. The molecular weight excluding hydrogens is 261 g/mol. The number of halogens is 1. The van der Waals surface area contributed by atoms with Crippen molar-refractivity contribution >= 4 is 5.57 Å². The third-order valence-electron chi connectivity index (χ3n) is 4.08. The first-order valence-corrected chi connectivity index (χ1v) is 7.42. The van der Waals surface area contributed by atoms with Crippen molar-refractivity contribution in [1.82, 2.24) is 4.90 Å². The van der Waals surface area contributed by atoms with Crippen molar-refractivity contribution in [3.8, 4) is 0 Å². The molecule has 1 aliphatic heterocycles. The second kappa shape index (κ2) is 6.23. The maximum absolute atomic E-state index is 13.0. The molecule has 0 saturated heterocycles. The van der Waals surface area contributed by atoms with Gasteiger partial charge in [0.15, 0.2) is 0 Å². The first-order chi connectivity index (χ1) is 10.2. The Bertz CT molecular complexity index is 643. The van der Waals surface area contributed by atoms with Gasteiger partial charge < -0.3 is 4.90 Å². The van der Waals surface area contributed by atoms with Gasteiger partial charge in [-0.1, -0.05) is 42.5 Å². The van der Waals surface area contributed by atoms with E-state index in [2.05, 4.69) is 42.3 Å². The van der Waals surface area contributed by atoms with Crippen LogP contribution in [0.3, 0.4) is 0 Å². The average molecular weight is 281 g/mol. The molecule has 0 fully saturated rings. The zero-order valence-electron chi connectivity index (χ0n) is 12.3. The molecule has 0 atom stereocenters. The van der Waals surface area contributed by atoms with Gasteiger partial charge in [0, 0.05) is 13.1 Å². The SMILES string of the molecule is CN1CC=C(c2ccccc2Cc2ccc(F)cc2)CC1. The summed E-state index contributed by atoms with van der Waals surface area (Å²) in [6.45, 7) is 2.12. The van der Waals surface area contributed by atoms with Crippen LogP contribution in [0.1, 0.15) is 23.1 Å². The molecule has 2 aromatic rings. The minimum absolute atomic E-state index is 0.176. The summed E-state index contributed by atoms with van der Waals surface area (Å²) in [7, 11) is 2.15. The van der Waals surface area contributed by atoms with Crippen molar-refractivity contribution < 1.29 is 4.39 Å². The van der Waals surface area contributed by atoms with E-state index in [0.29, 0.717) is 0 Å². The molecule has 1 aliphatic rings. The molecule has 1 heterocycles. The fraction of sp³-hybridized carbons (Fsp3) is 0.263. The minimum Gasteiger partial charge on any atom is -0.302 e. The molecular formula is C19H20FN. The van der Waals surface area contributed by atoms with Crippen molar-refractivity contribution in [2.75, 3.05) is 20.1 Å². The Morgan fingerprint density at radius 2 is 1.81 bits per heavy atom. The molecule has 108 valence electrons. The molecule has 0 unspecified atom stereocenters. The highest BCUT2D eigenvalue weighted by atomic mass is 19.1. The van der Waals surface area contributed by atoms with Crippen molar-refractivity contribution in [3.05, 3.63) is 77.1 Å². The second-order valence-corrected chi connectivity index (χ2v) is 5.70. The zero-order valence-corrected chi connectivity index (χ0v) is 12.3. The fourth-order valence-electron chi connectivity index (χ4n) is 2.83. The summed E-state index contributed by atoms with van der Waals surface area (Å²) in [5.74, 6) is -0.176. The summed E-state index contributed by atoms with van der Waals surface area (Å²) < 4.78 is 13.0. The molecule has 3 rings (SSSR count). The van der Waals surface area contributed by atoms with Crippen LogP contribution in [0.2, 0.25) is 0 Å². The summed E-state index contributed by atoms with van der Waals surface area (Å²) in [4.78, 5) is 2.33. The molecule has 0 aliphatic carbocycles. The Labute approximate surface area is 125 Å². The van der Waals surface area contributed by atoms with E-state index in [4.69, 9.17) is 0 Å². The molecule has 0 N–H and O–H groups in total. The number of nitrogens with zero attached hydrogens (tertiary/aromatic N) is 1. The number of rotatable bonds is 3. The van der Waals surface area contributed by atoms with Crippen LogP contribution in [0.5, 0.6) is 0 Å². The Morgan fingerprint density at radius 3 is 2.52 bits per heavy atom. The highest BCUT2D eigenvalue weighted by Crippen LogP contribution is 2.26. The average Bonchev–Trinajstić information content (AvgIpc) is 2.51. The van der Waals surface area contributed by atoms with Gasteiger partial charge >= 0.3 is 0 Å². The third kappa shape index (κ3) is 3.40. The van der Waals surface area contributed by atoms with E-state index >= 15 is 0 Å². The predicted molar refractivity (Wildman–Crippen MR) is 85.7 cm³/mol. The number of likely N-dealkylation sites (N-methyl/N-ethyl adjacent to an activating group) is 1. The topological polar surface area (TPSA) is 3.24 Å². The standard InChI is InChI=1S/C19H20FN/c1-21-12-10-16(11-13-21)19-5-3-2-4-17(19)14-15-6-8-18(20)9-7-15/h2-10H,11-14H2,1H3. The van der Waals surface area contributed by atoms with Crippen LogP contribution in [0.15, 0.2) is 54.6 Å². The highest BCUT2D eigenvalue weighted by molar-refractivity contribution is 5.69. The lowest BCUT2D eigenvalue weighted by atomic mass is 9.92. The summed E-state index contributed by atoms with van der Waals surface area (Å²) in [5.41, 5.74) is 5.25. The fourth-order valence-corrected chi connectivity index (χ4v) is 2.83. The van der Waals surface area contributed by atoms with E-state index in [1.165, 1.54) is 28.8 Å². The van der Waals surface area contributed by atoms with Crippen LogP contribution in [0, 0.1) is 5.82 Å². The van der Waals surface area contributed by atoms with Gasteiger partial charge in [-0.05, 0) is 54.3 Å². The number of hydrogen-bond acceptors (Lipinski definition) is 1. The number of benzene rings is 2. The molecule has 0 bridgehead atoms. The van der Waals surface area contributed by atoms with Crippen molar-refractivity contribution in [2.24, 2.45) is 0 Å². The molecule has 0 saturated carbocycles. The Balaban J connectivity index is 1.87. The summed E-state index contributed by atoms with van der Waals surface area (Å²) >= 11 is 0. The van der Waals surface area contributed by atoms with Crippen LogP contribution in [0.4, 0.5) is 4.39 Å². The Hall–Kier alpha value is -1.93. The summed E-state index contributed by atoms with van der Waals surface area (Å²) in [6.07, 6.45) is 4.27. The van der Waals surface area contributed by atoms with Crippen LogP contribution < -0.4 is 0 Å². The predicted octanol–water partition coefficient (Wildman–Crippen LogP) is 4.14. The molecule has 21 heavy (non-hydrogen) atoms. The largest absolute Gasteiger partial charge is 0.302 e. The van der Waals surface area contributed by atoms with Gasteiger partial charge in [0.25, 0.3) is 0 Å². The first kappa shape index (κ1) is 14.0. The molecule has 0 radical (unpaired) electrons. The molecule has 2 heteroatoms. The van der Waals surface area contributed by atoms with E-state index in [1.54, 1.807) is 0 Å². The smallest absolute Gasteiger partial charge is 0.123 e. The minimum atomic E-state index is -0.176. The molecule has 0 aromatic heterocycles. The van der Waals surface area contributed by atoms with Gasteiger partial charge in [0.1, 0.15) is 5.82 Å². The van der Waals surface area contributed by atoms with E-state index in [1.807, 2.05) is 12.1 Å². The van der Waals surface area contributed by atoms with Crippen molar-refractivity contribution in [3.63, 3.8) is 0 Å². The summed E-state index contributed by atoms with van der Waals surface area (Å²) in [5, 5.41) is 0. The number of hydrogen-bond donors (Lipinski definition) is 0. The molecule has 0 spiro atoms. The third-order valence-corrected chi connectivity index (χ3v) is 4.08. The van der Waals surface area contributed by atoms with Gasteiger partial charge in [-0.25, -0.2) is 4.39 Å². The lowest BCUT2D eigenvalue weighted by Gasteiger charge is -2.23. The van der Waals surface area contributed by atoms with E-state index in [9.17, 15) is 4.39 Å². The van der Waals surface area contributed by atoms with Crippen LogP contribution in [0.25, 0.3) is 5.57 Å². The first-order valence-electron chi connectivity index (χ1n) is 7.42.